The van der Waals surface area contributed by atoms with E-state index in [2.05, 4.69) is 10.0 Å². The average molecular weight is 570 g/mol. The van der Waals surface area contributed by atoms with Crippen LogP contribution in [0.25, 0.3) is 0 Å². The summed E-state index contributed by atoms with van der Waals surface area (Å²) >= 11 is 12.7. The molecule has 2 atom stereocenters. The van der Waals surface area contributed by atoms with E-state index in [0.717, 1.165) is 17.4 Å². The minimum Gasteiger partial charge on any atom is -0.506 e. The van der Waals surface area contributed by atoms with Crippen LogP contribution in [0.4, 0.5) is 5.69 Å². The molecule has 200 valence electrons. The number of nitrogens with one attached hydrogen (secondary N) is 2. The molecule has 3 aromatic rings. The summed E-state index contributed by atoms with van der Waals surface area (Å²) in [5, 5.41) is 25.1. The highest BCUT2D eigenvalue weighted by molar-refractivity contribution is 7.92. The van der Waals surface area contributed by atoms with Crippen molar-refractivity contribution >= 4 is 38.9 Å². The van der Waals surface area contributed by atoms with Crippen LogP contribution in [0.5, 0.6) is 17.2 Å². The number of hydrogen-bond donors (Lipinski definition) is 4. The zero-order chi connectivity index (χ0) is 27.2. The van der Waals surface area contributed by atoms with E-state index < -0.39 is 16.1 Å². The number of aromatic hydroxyl groups is 1. The Morgan fingerprint density at radius 2 is 1.70 bits per heavy atom. The molecule has 0 spiro atoms. The minimum atomic E-state index is -3.57. The van der Waals surface area contributed by atoms with Crippen LogP contribution in [0.15, 0.2) is 54.6 Å². The molecule has 37 heavy (non-hydrogen) atoms. The van der Waals surface area contributed by atoms with Gasteiger partial charge < -0.3 is 25.0 Å². The van der Waals surface area contributed by atoms with Gasteiger partial charge in [-0.05, 0) is 59.9 Å². The summed E-state index contributed by atoms with van der Waals surface area (Å²) in [5.41, 5.74) is 2.44. The Labute approximate surface area is 227 Å². The number of phenols is 1. The van der Waals surface area contributed by atoms with Gasteiger partial charge in [0.05, 0.1) is 42.3 Å². The zero-order valence-corrected chi connectivity index (χ0v) is 23.0. The van der Waals surface area contributed by atoms with E-state index in [1.54, 1.807) is 26.4 Å². The summed E-state index contributed by atoms with van der Waals surface area (Å²) < 4.78 is 36.2. The molecule has 0 saturated heterocycles. The first-order valence-corrected chi connectivity index (χ1v) is 14.0. The van der Waals surface area contributed by atoms with Gasteiger partial charge in [-0.15, -0.1) is 0 Å². The summed E-state index contributed by atoms with van der Waals surface area (Å²) in [7, 11) is -0.442. The first-order chi connectivity index (χ1) is 17.5. The van der Waals surface area contributed by atoms with Crippen LogP contribution in [-0.4, -0.2) is 51.8 Å². The van der Waals surface area contributed by atoms with Crippen LogP contribution in [0, 0.1) is 0 Å². The van der Waals surface area contributed by atoms with E-state index in [0.29, 0.717) is 33.5 Å². The number of rotatable bonds is 12. The lowest BCUT2D eigenvalue weighted by molar-refractivity contribution is 0.167. The molecule has 0 aliphatic heterocycles. The molecule has 11 heteroatoms. The quantitative estimate of drug-likeness (QED) is 0.236. The van der Waals surface area contributed by atoms with Gasteiger partial charge in [0.2, 0.25) is 10.0 Å². The lowest BCUT2D eigenvalue weighted by Gasteiger charge is -2.23. The molecular weight excluding hydrogens is 539 g/mol. The Bertz CT molecular complexity index is 1340. The molecule has 2 unspecified atom stereocenters. The Hall–Kier alpha value is -2.69. The van der Waals surface area contributed by atoms with Crippen molar-refractivity contribution in [3.8, 4) is 17.2 Å². The molecular formula is C26H30Cl2N2O6S. The molecule has 0 aliphatic rings. The largest absolute Gasteiger partial charge is 0.506 e. The lowest BCUT2D eigenvalue weighted by Crippen LogP contribution is -2.32. The molecule has 0 amide bonds. The van der Waals surface area contributed by atoms with Gasteiger partial charge in [-0.1, -0.05) is 47.5 Å². The van der Waals surface area contributed by atoms with Gasteiger partial charge in [0, 0.05) is 12.6 Å². The number of ether oxygens (including phenoxy) is 2. The van der Waals surface area contributed by atoms with E-state index in [1.807, 2.05) is 30.3 Å². The summed E-state index contributed by atoms with van der Waals surface area (Å²) in [6.45, 7) is 0.215. The first-order valence-electron chi connectivity index (χ1n) is 11.4. The van der Waals surface area contributed by atoms with Gasteiger partial charge >= 0.3 is 0 Å². The molecule has 0 heterocycles. The summed E-state index contributed by atoms with van der Waals surface area (Å²) in [4.78, 5) is 0. The Morgan fingerprint density at radius 3 is 2.38 bits per heavy atom. The molecule has 8 nitrogen and oxygen atoms in total. The van der Waals surface area contributed by atoms with Gasteiger partial charge in [-0.25, -0.2) is 8.42 Å². The lowest BCUT2D eigenvalue weighted by atomic mass is 9.97. The third-order valence-electron chi connectivity index (χ3n) is 5.69. The third kappa shape index (κ3) is 8.15. The molecule has 4 N–H and O–H groups in total. The summed E-state index contributed by atoms with van der Waals surface area (Å²) in [5.74, 6) is 0.963. The maximum atomic E-state index is 11.6. The van der Waals surface area contributed by atoms with Crippen molar-refractivity contribution in [2.75, 3.05) is 31.7 Å². The van der Waals surface area contributed by atoms with Crippen molar-refractivity contribution in [2.24, 2.45) is 0 Å². The topological polar surface area (TPSA) is 117 Å². The Kier molecular flexibility index (Phi) is 9.92. The number of aliphatic hydroxyl groups excluding tert-OH is 1. The van der Waals surface area contributed by atoms with Crippen LogP contribution in [0.2, 0.25) is 10.0 Å². The number of phenolic OH excluding ortho intramolecular Hbond substituents is 1. The number of halogens is 2. The highest BCUT2D eigenvalue weighted by Gasteiger charge is 2.19. The fourth-order valence-electron chi connectivity index (χ4n) is 3.92. The van der Waals surface area contributed by atoms with Crippen LogP contribution in [0.3, 0.4) is 0 Å². The van der Waals surface area contributed by atoms with E-state index in [1.165, 1.54) is 12.1 Å². The predicted octanol–water partition coefficient (Wildman–Crippen LogP) is 4.56. The molecule has 0 saturated carbocycles. The van der Waals surface area contributed by atoms with Crippen molar-refractivity contribution in [1.29, 1.82) is 0 Å². The first kappa shape index (κ1) is 28.9. The van der Waals surface area contributed by atoms with Gasteiger partial charge in [-0.2, -0.15) is 0 Å². The van der Waals surface area contributed by atoms with Crippen molar-refractivity contribution in [1.82, 2.24) is 5.32 Å². The maximum Gasteiger partial charge on any atom is 0.229 e. The highest BCUT2D eigenvalue weighted by Crippen LogP contribution is 2.33. The Morgan fingerprint density at radius 1 is 0.973 bits per heavy atom. The number of benzene rings is 3. The molecule has 0 bridgehead atoms. The molecule has 0 aliphatic carbocycles. The van der Waals surface area contributed by atoms with Gasteiger partial charge in [0.1, 0.15) is 5.75 Å². The smallest absolute Gasteiger partial charge is 0.229 e. The van der Waals surface area contributed by atoms with Gasteiger partial charge in [0.15, 0.2) is 11.5 Å². The third-order valence-corrected chi connectivity index (χ3v) is 7.14. The van der Waals surface area contributed by atoms with E-state index in [4.69, 9.17) is 32.7 Å². The van der Waals surface area contributed by atoms with Crippen molar-refractivity contribution in [3.63, 3.8) is 0 Å². The van der Waals surface area contributed by atoms with Crippen LogP contribution in [-0.2, 0) is 22.9 Å². The fourth-order valence-corrected chi connectivity index (χ4v) is 4.88. The van der Waals surface area contributed by atoms with Crippen molar-refractivity contribution in [2.45, 2.75) is 25.0 Å². The van der Waals surface area contributed by atoms with E-state index in [9.17, 15) is 18.6 Å². The Balaban J connectivity index is 1.80. The molecule has 0 radical (unpaired) electrons. The van der Waals surface area contributed by atoms with Crippen LogP contribution >= 0.6 is 23.2 Å². The molecule has 3 aromatic carbocycles. The maximum absolute atomic E-state index is 11.6. The van der Waals surface area contributed by atoms with E-state index in [-0.39, 0.29) is 30.4 Å². The minimum absolute atomic E-state index is 0.0546. The SMILES string of the molecule is COc1ccc(C(Cc2cccc(Cl)c2Cl)NCC(O)Cc2ccc(O)c(NS(C)(=O)=O)c2)cc1OC. The standard InChI is InChI=1S/C26H30Cl2N2O6S/c1-35-24-10-8-17(14-25(24)36-2)21(13-18-5-4-6-20(27)26(18)28)29-15-19(31)11-16-7-9-23(32)22(12-16)30-37(3,33)34/h4-10,12,14,19,21,29-32H,11,13,15H2,1-3H3. The van der Waals surface area contributed by atoms with Crippen LogP contribution < -0.4 is 19.5 Å². The second-order valence-electron chi connectivity index (χ2n) is 8.58. The monoisotopic (exact) mass is 568 g/mol. The average Bonchev–Trinajstić information content (AvgIpc) is 2.85. The summed E-state index contributed by atoms with van der Waals surface area (Å²) in [6, 6.07) is 15.3. The second-order valence-corrected chi connectivity index (χ2v) is 11.1. The molecule has 0 fully saturated rings. The number of anilines is 1. The molecule has 0 aromatic heterocycles. The molecule has 3 rings (SSSR count). The highest BCUT2D eigenvalue weighted by atomic mass is 35.5. The van der Waals surface area contributed by atoms with Crippen LogP contribution in [0.1, 0.15) is 22.7 Å². The number of aliphatic hydroxyl groups is 1. The van der Waals surface area contributed by atoms with E-state index >= 15 is 0 Å². The summed E-state index contributed by atoms with van der Waals surface area (Å²) in [6.07, 6.45) is 0.900. The number of methoxy groups -OCH3 is 2. The van der Waals surface area contributed by atoms with Gasteiger partial charge in [0.25, 0.3) is 0 Å². The number of hydrogen-bond acceptors (Lipinski definition) is 7. The second kappa shape index (κ2) is 12.7. The fraction of sp³-hybridized carbons (Fsp3) is 0.308. The predicted molar refractivity (Wildman–Crippen MR) is 147 cm³/mol. The number of sulfonamides is 1. The van der Waals surface area contributed by atoms with Crippen molar-refractivity contribution in [3.05, 3.63) is 81.3 Å². The van der Waals surface area contributed by atoms with Crippen molar-refractivity contribution < 1.29 is 28.1 Å². The normalized spacial score (nSPS) is 13.1. The zero-order valence-electron chi connectivity index (χ0n) is 20.7. The van der Waals surface area contributed by atoms with Gasteiger partial charge in [-0.3, -0.25) is 4.72 Å².